The molecule has 2 aromatic carbocycles. The number of hydrogen-bond acceptors (Lipinski definition) is 4. The number of anilines is 1. The predicted molar refractivity (Wildman–Crippen MR) is 100 cm³/mol. The summed E-state index contributed by atoms with van der Waals surface area (Å²) in [5.74, 6) is -3.27. The number of rotatable bonds is 6. The van der Waals surface area contributed by atoms with E-state index in [9.17, 15) is 18.4 Å². The number of amides is 2. The van der Waals surface area contributed by atoms with Gasteiger partial charge in [0.25, 0.3) is 11.8 Å². The number of carbonyl (C=O) groups excluding carboxylic acids is 2. The minimum absolute atomic E-state index is 0.180. The zero-order chi connectivity index (χ0) is 19.9. The van der Waals surface area contributed by atoms with Crippen molar-refractivity contribution in [1.29, 1.82) is 0 Å². The molecule has 2 N–H and O–H groups in total. The lowest BCUT2D eigenvalue weighted by molar-refractivity contribution is 0.0383. The van der Waals surface area contributed by atoms with Crippen LogP contribution < -0.4 is 10.6 Å². The van der Waals surface area contributed by atoms with Gasteiger partial charge < -0.3 is 15.4 Å². The molecule has 0 saturated carbocycles. The van der Waals surface area contributed by atoms with Gasteiger partial charge in [-0.3, -0.25) is 14.5 Å². The number of nitrogens with zero attached hydrogens (tertiary/aromatic N) is 1. The van der Waals surface area contributed by atoms with Crippen LogP contribution >= 0.6 is 0 Å². The molecule has 1 aliphatic heterocycles. The Labute approximate surface area is 161 Å². The molecule has 8 heteroatoms. The van der Waals surface area contributed by atoms with E-state index in [2.05, 4.69) is 15.5 Å². The third-order valence-corrected chi connectivity index (χ3v) is 4.43. The minimum Gasteiger partial charge on any atom is -0.379 e. The van der Waals surface area contributed by atoms with E-state index >= 15 is 0 Å². The van der Waals surface area contributed by atoms with E-state index in [1.807, 2.05) is 0 Å². The number of ether oxygens (including phenoxy) is 1. The van der Waals surface area contributed by atoms with Gasteiger partial charge in [-0.25, -0.2) is 8.78 Å². The van der Waals surface area contributed by atoms with Crippen LogP contribution in [0.1, 0.15) is 20.7 Å². The summed E-state index contributed by atoms with van der Waals surface area (Å²) in [6.45, 7) is 4.10. The number of halogens is 2. The van der Waals surface area contributed by atoms with Crippen molar-refractivity contribution >= 4 is 17.5 Å². The average Bonchev–Trinajstić information content (AvgIpc) is 2.69. The summed E-state index contributed by atoms with van der Waals surface area (Å²) >= 11 is 0. The fourth-order valence-electron chi connectivity index (χ4n) is 2.94. The van der Waals surface area contributed by atoms with Gasteiger partial charge in [-0.2, -0.15) is 0 Å². The second kappa shape index (κ2) is 9.38. The lowest BCUT2D eigenvalue weighted by atomic mass is 10.1. The van der Waals surface area contributed by atoms with Gasteiger partial charge in [0, 0.05) is 26.2 Å². The van der Waals surface area contributed by atoms with Crippen molar-refractivity contribution in [3.63, 3.8) is 0 Å². The molecule has 0 aromatic heterocycles. The topological polar surface area (TPSA) is 70.7 Å². The molecule has 6 nitrogen and oxygen atoms in total. The maximum absolute atomic E-state index is 13.8. The molecule has 1 saturated heterocycles. The second-order valence-electron chi connectivity index (χ2n) is 6.31. The minimum atomic E-state index is -0.968. The summed E-state index contributed by atoms with van der Waals surface area (Å²) in [6.07, 6.45) is 0. The van der Waals surface area contributed by atoms with Crippen LogP contribution in [0.2, 0.25) is 0 Å². The molecule has 28 heavy (non-hydrogen) atoms. The molecule has 0 atom stereocenters. The normalized spacial score (nSPS) is 14.5. The van der Waals surface area contributed by atoms with E-state index in [4.69, 9.17) is 4.74 Å². The fraction of sp³-hybridized carbons (Fsp3) is 0.300. The first-order chi connectivity index (χ1) is 13.6. The number of benzene rings is 2. The van der Waals surface area contributed by atoms with Gasteiger partial charge in [0.05, 0.1) is 24.5 Å². The Morgan fingerprint density at radius 2 is 1.64 bits per heavy atom. The quantitative estimate of drug-likeness (QED) is 0.795. The van der Waals surface area contributed by atoms with Crippen molar-refractivity contribution in [2.75, 3.05) is 44.7 Å². The van der Waals surface area contributed by atoms with Crippen molar-refractivity contribution in [2.45, 2.75) is 0 Å². The average molecular weight is 389 g/mol. The Morgan fingerprint density at radius 3 is 2.36 bits per heavy atom. The molecule has 2 amide bonds. The van der Waals surface area contributed by atoms with E-state index in [1.54, 1.807) is 12.1 Å². The maximum atomic E-state index is 13.8. The highest BCUT2D eigenvalue weighted by Gasteiger charge is 2.20. The molecular formula is C20H21F2N3O3. The molecule has 1 aliphatic rings. The van der Waals surface area contributed by atoms with Crippen LogP contribution in [0, 0.1) is 11.6 Å². The van der Waals surface area contributed by atoms with Crippen LogP contribution in [0.15, 0.2) is 42.5 Å². The Kier molecular flexibility index (Phi) is 6.67. The Morgan fingerprint density at radius 1 is 0.964 bits per heavy atom. The van der Waals surface area contributed by atoms with Crippen molar-refractivity contribution in [2.24, 2.45) is 0 Å². The molecule has 0 spiro atoms. The highest BCUT2D eigenvalue weighted by atomic mass is 19.1. The third-order valence-electron chi connectivity index (χ3n) is 4.43. The van der Waals surface area contributed by atoms with E-state index in [1.165, 1.54) is 18.2 Å². The second-order valence-corrected chi connectivity index (χ2v) is 6.31. The standard InChI is InChI=1S/C20H21F2N3O3/c21-15-5-3-6-16(22)18(15)20(27)24-17-7-2-1-4-14(17)19(26)23-8-9-25-10-12-28-13-11-25/h1-7H,8-13H2,(H,23,26)(H,24,27). The van der Waals surface area contributed by atoms with Gasteiger partial charge in [0.1, 0.15) is 17.2 Å². The molecule has 0 radical (unpaired) electrons. The number of carbonyl (C=O) groups is 2. The van der Waals surface area contributed by atoms with Crippen LogP contribution in [-0.2, 0) is 4.74 Å². The zero-order valence-electron chi connectivity index (χ0n) is 15.2. The van der Waals surface area contributed by atoms with Crippen LogP contribution in [0.4, 0.5) is 14.5 Å². The number of para-hydroxylation sites is 1. The molecule has 0 unspecified atom stereocenters. The number of hydrogen-bond donors (Lipinski definition) is 2. The van der Waals surface area contributed by atoms with Gasteiger partial charge in [-0.15, -0.1) is 0 Å². The van der Waals surface area contributed by atoms with E-state index in [-0.39, 0.29) is 17.2 Å². The van der Waals surface area contributed by atoms with Gasteiger partial charge in [-0.05, 0) is 24.3 Å². The summed E-state index contributed by atoms with van der Waals surface area (Å²) in [6, 6.07) is 9.50. The highest BCUT2D eigenvalue weighted by molar-refractivity contribution is 6.09. The molecule has 148 valence electrons. The van der Waals surface area contributed by atoms with Gasteiger partial charge in [0.2, 0.25) is 0 Å². The van der Waals surface area contributed by atoms with Crippen molar-refractivity contribution in [3.8, 4) is 0 Å². The lowest BCUT2D eigenvalue weighted by Gasteiger charge is -2.26. The summed E-state index contributed by atoms with van der Waals surface area (Å²) in [5, 5.41) is 5.22. The van der Waals surface area contributed by atoms with Crippen LogP contribution in [-0.4, -0.2) is 56.1 Å². The monoisotopic (exact) mass is 389 g/mol. The Hall–Kier alpha value is -2.84. The summed E-state index contributed by atoms with van der Waals surface area (Å²) in [4.78, 5) is 27.0. The first-order valence-electron chi connectivity index (χ1n) is 8.99. The highest BCUT2D eigenvalue weighted by Crippen LogP contribution is 2.19. The van der Waals surface area contributed by atoms with Gasteiger partial charge in [-0.1, -0.05) is 18.2 Å². The SMILES string of the molecule is O=C(NCCN1CCOCC1)c1ccccc1NC(=O)c1c(F)cccc1F. The van der Waals surface area contributed by atoms with Crippen LogP contribution in [0.3, 0.4) is 0 Å². The maximum Gasteiger partial charge on any atom is 0.261 e. The summed E-state index contributed by atoms with van der Waals surface area (Å²) < 4.78 is 32.9. The van der Waals surface area contributed by atoms with Crippen LogP contribution in [0.25, 0.3) is 0 Å². The number of morpholine rings is 1. The zero-order valence-corrected chi connectivity index (χ0v) is 15.2. The van der Waals surface area contributed by atoms with Crippen molar-refractivity contribution < 1.29 is 23.1 Å². The third kappa shape index (κ3) is 4.90. The van der Waals surface area contributed by atoms with E-state index in [0.29, 0.717) is 26.3 Å². The first kappa shape index (κ1) is 19.9. The van der Waals surface area contributed by atoms with Crippen molar-refractivity contribution in [1.82, 2.24) is 10.2 Å². The lowest BCUT2D eigenvalue weighted by Crippen LogP contribution is -2.41. The number of nitrogens with one attached hydrogen (secondary N) is 2. The largest absolute Gasteiger partial charge is 0.379 e. The van der Waals surface area contributed by atoms with E-state index in [0.717, 1.165) is 25.2 Å². The summed E-state index contributed by atoms with van der Waals surface area (Å²) in [7, 11) is 0. The molecule has 2 aromatic rings. The first-order valence-corrected chi connectivity index (χ1v) is 8.99. The predicted octanol–water partition coefficient (Wildman–Crippen LogP) is 2.28. The summed E-state index contributed by atoms with van der Waals surface area (Å²) in [5.41, 5.74) is -0.293. The van der Waals surface area contributed by atoms with Crippen molar-refractivity contribution in [3.05, 3.63) is 65.2 Å². The van der Waals surface area contributed by atoms with E-state index < -0.39 is 23.1 Å². The molecule has 1 fully saturated rings. The molecular weight excluding hydrogens is 368 g/mol. The smallest absolute Gasteiger partial charge is 0.261 e. The molecule has 0 aliphatic carbocycles. The van der Waals surface area contributed by atoms with Gasteiger partial charge in [0.15, 0.2) is 0 Å². The Bertz CT molecular complexity index is 834. The molecule has 3 rings (SSSR count). The molecule has 1 heterocycles. The van der Waals surface area contributed by atoms with Crippen LogP contribution in [0.5, 0.6) is 0 Å². The molecule has 0 bridgehead atoms. The fourth-order valence-corrected chi connectivity index (χ4v) is 2.94. The Balaban J connectivity index is 1.65. The van der Waals surface area contributed by atoms with Gasteiger partial charge >= 0.3 is 0 Å².